The Labute approximate surface area is 131 Å². The third kappa shape index (κ3) is 4.65. The molecule has 2 heterocycles. The average Bonchev–Trinajstić information content (AvgIpc) is 2.94. The SMILES string of the molecule is Cc1nc(-c2noc(C(F)(F)F)n2)ccc1NCCNC(C)C. The summed E-state index contributed by atoms with van der Waals surface area (Å²) in [6.07, 6.45) is -4.66. The third-order valence-corrected chi connectivity index (χ3v) is 2.98. The molecule has 0 aliphatic carbocycles. The van der Waals surface area contributed by atoms with Crippen LogP contribution in [0.25, 0.3) is 11.5 Å². The highest BCUT2D eigenvalue weighted by molar-refractivity contribution is 5.56. The molecule has 2 rings (SSSR count). The number of rotatable bonds is 6. The second-order valence-corrected chi connectivity index (χ2v) is 5.29. The van der Waals surface area contributed by atoms with Gasteiger partial charge in [0.1, 0.15) is 5.69 Å². The Kier molecular flexibility index (Phi) is 5.19. The van der Waals surface area contributed by atoms with Crippen molar-refractivity contribution in [2.24, 2.45) is 0 Å². The predicted molar refractivity (Wildman–Crippen MR) is 78.9 cm³/mol. The highest BCUT2D eigenvalue weighted by Crippen LogP contribution is 2.29. The largest absolute Gasteiger partial charge is 0.471 e. The van der Waals surface area contributed by atoms with E-state index in [1.165, 1.54) is 0 Å². The zero-order valence-corrected chi connectivity index (χ0v) is 13.0. The summed E-state index contributed by atoms with van der Waals surface area (Å²) in [5.41, 5.74) is 1.68. The molecule has 2 aromatic heterocycles. The Morgan fingerprint density at radius 1 is 1.17 bits per heavy atom. The summed E-state index contributed by atoms with van der Waals surface area (Å²) in [6, 6.07) is 3.69. The van der Waals surface area contributed by atoms with Crippen molar-refractivity contribution in [1.82, 2.24) is 20.4 Å². The average molecular weight is 329 g/mol. The summed E-state index contributed by atoms with van der Waals surface area (Å²) in [7, 11) is 0. The summed E-state index contributed by atoms with van der Waals surface area (Å²) < 4.78 is 41.6. The molecular formula is C14H18F3N5O. The molecule has 0 fully saturated rings. The van der Waals surface area contributed by atoms with E-state index in [0.717, 1.165) is 12.2 Å². The van der Waals surface area contributed by atoms with Gasteiger partial charge in [0.25, 0.3) is 0 Å². The van der Waals surface area contributed by atoms with Crippen molar-refractivity contribution in [3.05, 3.63) is 23.7 Å². The molecule has 0 amide bonds. The molecular weight excluding hydrogens is 311 g/mol. The highest BCUT2D eigenvalue weighted by atomic mass is 19.4. The molecule has 9 heteroatoms. The summed E-state index contributed by atoms with van der Waals surface area (Å²) in [5, 5.41) is 9.79. The van der Waals surface area contributed by atoms with E-state index in [2.05, 4.69) is 44.1 Å². The number of aryl methyl sites for hydroxylation is 1. The lowest BCUT2D eigenvalue weighted by molar-refractivity contribution is -0.159. The van der Waals surface area contributed by atoms with Crippen molar-refractivity contribution in [2.45, 2.75) is 33.0 Å². The number of halogens is 3. The lowest BCUT2D eigenvalue weighted by Crippen LogP contribution is -2.28. The van der Waals surface area contributed by atoms with Crippen LogP contribution in [0.2, 0.25) is 0 Å². The molecule has 0 aromatic carbocycles. The fourth-order valence-corrected chi connectivity index (χ4v) is 1.87. The van der Waals surface area contributed by atoms with E-state index in [0.29, 0.717) is 18.3 Å². The van der Waals surface area contributed by atoms with Crippen molar-refractivity contribution in [2.75, 3.05) is 18.4 Å². The molecule has 0 spiro atoms. The van der Waals surface area contributed by atoms with Crippen LogP contribution in [0.15, 0.2) is 16.7 Å². The molecule has 0 unspecified atom stereocenters. The summed E-state index contributed by atoms with van der Waals surface area (Å²) >= 11 is 0. The van der Waals surface area contributed by atoms with E-state index in [1.807, 2.05) is 0 Å². The molecule has 6 nitrogen and oxygen atoms in total. The van der Waals surface area contributed by atoms with Crippen LogP contribution in [0, 0.1) is 6.92 Å². The minimum Gasteiger partial charge on any atom is -0.382 e. The van der Waals surface area contributed by atoms with Gasteiger partial charge in [0.05, 0.1) is 11.4 Å². The van der Waals surface area contributed by atoms with Gasteiger partial charge in [0.2, 0.25) is 5.82 Å². The van der Waals surface area contributed by atoms with Crippen LogP contribution < -0.4 is 10.6 Å². The Morgan fingerprint density at radius 2 is 1.91 bits per heavy atom. The molecule has 2 aromatic rings. The molecule has 0 saturated carbocycles. The van der Waals surface area contributed by atoms with Crippen LogP contribution >= 0.6 is 0 Å². The molecule has 0 radical (unpaired) electrons. The first kappa shape index (κ1) is 17.2. The van der Waals surface area contributed by atoms with E-state index in [9.17, 15) is 13.2 Å². The smallest absolute Gasteiger partial charge is 0.382 e. The lowest BCUT2D eigenvalue weighted by atomic mass is 10.2. The zero-order valence-electron chi connectivity index (χ0n) is 13.0. The second-order valence-electron chi connectivity index (χ2n) is 5.29. The first-order valence-corrected chi connectivity index (χ1v) is 7.13. The Hall–Kier alpha value is -2.16. The Balaban J connectivity index is 2.05. The van der Waals surface area contributed by atoms with Gasteiger partial charge in [-0.05, 0) is 19.1 Å². The first-order chi connectivity index (χ1) is 10.8. The monoisotopic (exact) mass is 329 g/mol. The molecule has 0 saturated heterocycles. The number of alkyl halides is 3. The summed E-state index contributed by atoms with van der Waals surface area (Å²) in [6.45, 7) is 7.37. The fraction of sp³-hybridized carbons (Fsp3) is 0.500. The van der Waals surface area contributed by atoms with Gasteiger partial charge in [-0.1, -0.05) is 19.0 Å². The Morgan fingerprint density at radius 3 is 2.48 bits per heavy atom. The first-order valence-electron chi connectivity index (χ1n) is 7.13. The second kappa shape index (κ2) is 6.95. The number of hydrogen-bond acceptors (Lipinski definition) is 6. The predicted octanol–water partition coefficient (Wildman–Crippen LogP) is 2.87. The van der Waals surface area contributed by atoms with E-state index in [-0.39, 0.29) is 11.5 Å². The van der Waals surface area contributed by atoms with Gasteiger partial charge in [-0.15, -0.1) is 0 Å². The van der Waals surface area contributed by atoms with Gasteiger partial charge in [0, 0.05) is 19.1 Å². The van der Waals surface area contributed by atoms with Crippen LogP contribution in [-0.4, -0.2) is 34.3 Å². The van der Waals surface area contributed by atoms with E-state index >= 15 is 0 Å². The molecule has 126 valence electrons. The van der Waals surface area contributed by atoms with E-state index in [4.69, 9.17) is 0 Å². The number of hydrogen-bond donors (Lipinski definition) is 2. The number of aromatic nitrogens is 3. The van der Waals surface area contributed by atoms with Crippen molar-refractivity contribution in [3.8, 4) is 11.5 Å². The number of pyridine rings is 1. The number of nitrogens with one attached hydrogen (secondary N) is 2. The van der Waals surface area contributed by atoms with Crippen molar-refractivity contribution < 1.29 is 17.7 Å². The van der Waals surface area contributed by atoms with Crippen molar-refractivity contribution in [3.63, 3.8) is 0 Å². The third-order valence-electron chi connectivity index (χ3n) is 2.98. The maximum absolute atomic E-state index is 12.5. The zero-order chi connectivity index (χ0) is 17.0. The Bertz CT molecular complexity index is 654. The van der Waals surface area contributed by atoms with Crippen LogP contribution in [0.5, 0.6) is 0 Å². The normalized spacial score (nSPS) is 12.0. The quantitative estimate of drug-likeness (QED) is 0.794. The molecule has 2 N–H and O–H groups in total. The van der Waals surface area contributed by atoms with Gasteiger partial charge in [-0.25, -0.2) is 4.98 Å². The van der Waals surface area contributed by atoms with Gasteiger partial charge >= 0.3 is 12.1 Å². The van der Waals surface area contributed by atoms with Gasteiger partial charge in [-0.3, -0.25) is 0 Å². The van der Waals surface area contributed by atoms with Gasteiger partial charge < -0.3 is 15.2 Å². The van der Waals surface area contributed by atoms with E-state index in [1.54, 1.807) is 19.1 Å². The van der Waals surface area contributed by atoms with Crippen LogP contribution in [-0.2, 0) is 6.18 Å². The van der Waals surface area contributed by atoms with Crippen LogP contribution in [0.1, 0.15) is 25.4 Å². The summed E-state index contributed by atoms with van der Waals surface area (Å²) in [4.78, 5) is 7.54. The van der Waals surface area contributed by atoms with Crippen LogP contribution in [0.4, 0.5) is 18.9 Å². The minimum absolute atomic E-state index is 0.187. The van der Waals surface area contributed by atoms with Gasteiger partial charge in [-0.2, -0.15) is 18.2 Å². The topological polar surface area (TPSA) is 75.9 Å². The number of nitrogens with zero attached hydrogens (tertiary/aromatic N) is 3. The van der Waals surface area contributed by atoms with E-state index < -0.39 is 12.1 Å². The lowest BCUT2D eigenvalue weighted by Gasteiger charge is -2.11. The maximum atomic E-state index is 12.5. The standard InChI is InChI=1S/C14H18F3N5O/c1-8(2)18-6-7-19-10-4-5-11(20-9(10)3)12-21-13(23-22-12)14(15,16)17/h4-5,8,18-19H,6-7H2,1-3H3. The molecule has 0 aliphatic heterocycles. The minimum atomic E-state index is -4.66. The highest BCUT2D eigenvalue weighted by Gasteiger charge is 2.38. The fourth-order valence-electron chi connectivity index (χ4n) is 1.87. The molecule has 0 atom stereocenters. The molecule has 0 bridgehead atoms. The molecule has 0 aliphatic rings. The van der Waals surface area contributed by atoms with Gasteiger partial charge in [0.15, 0.2) is 0 Å². The van der Waals surface area contributed by atoms with Crippen molar-refractivity contribution in [1.29, 1.82) is 0 Å². The summed E-state index contributed by atoms with van der Waals surface area (Å²) in [5.74, 6) is -1.57. The molecule has 23 heavy (non-hydrogen) atoms. The number of anilines is 1. The van der Waals surface area contributed by atoms with Crippen LogP contribution in [0.3, 0.4) is 0 Å². The maximum Gasteiger partial charge on any atom is 0.471 e. The van der Waals surface area contributed by atoms with Crippen molar-refractivity contribution >= 4 is 5.69 Å².